The van der Waals surface area contributed by atoms with Gasteiger partial charge in [-0.05, 0) is 49.6 Å². The Balaban J connectivity index is 1.73. The molecular weight excluding hydrogens is 344 g/mol. The van der Waals surface area contributed by atoms with Crippen LogP contribution >= 0.6 is 11.6 Å². The first kappa shape index (κ1) is 17.3. The van der Waals surface area contributed by atoms with E-state index in [1.165, 1.54) is 6.07 Å². The Morgan fingerprint density at radius 3 is 2.71 bits per heavy atom. The number of para-hydroxylation sites is 1. The second kappa shape index (κ2) is 7.13. The zero-order valence-corrected chi connectivity index (χ0v) is 15.1. The number of benzene rings is 2. The van der Waals surface area contributed by atoms with Crippen molar-refractivity contribution in [1.29, 1.82) is 0 Å². The van der Waals surface area contributed by atoms with Crippen LogP contribution in [0.5, 0.6) is 0 Å². The van der Waals surface area contributed by atoms with Crippen molar-refractivity contribution < 1.29 is 8.42 Å². The van der Waals surface area contributed by atoms with Crippen molar-refractivity contribution in [2.24, 2.45) is 0 Å². The molecule has 0 radical (unpaired) electrons. The van der Waals surface area contributed by atoms with Crippen LogP contribution in [-0.4, -0.2) is 27.5 Å². The lowest BCUT2D eigenvalue weighted by Crippen LogP contribution is -2.40. The number of hydrogen-bond donors (Lipinski definition) is 1. The lowest BCUT2D eigenvalue weighted by molar-refractivity contribution is 0.566. The van der Waals surface area contributed by atoms with Crippen LogP contribution in [0.1, 0.15) is 18.4 Å². The molecule has 3 rings (SSSR count). The summed E-state index contributed by atoms with van der Waals surface area (Å²) in [6.07, 6.45) is 2.05. The van der Waals surface area contributed by atoms with Crippen molar-refractivity contribution in [2.45, 2.75) is 30.7 Å². The number of nitrogens with one attached hydrogen (secondary N) is 1. The summed E-state index contributed by atoms with van der Waals surface area (Å²) < 4.78 is 28.0. The zero-order chi connectivity index (χ0) is 17.2. The van der Waals surface area contributed by atoms with Crippen LogP contribution in [0.4, 0.5) is 5.69 Å². The molecule has 1 aliphatic rings. The molecule has 1 fully saturated rings. The average Bonchev–Trinajstić information content (AvgIpc) is 3.04. The number of sulfonamides is 1. The normalized spacial score (nSPS) is 18.1. The molecule has 0 spiro atoms. The van der Waals surface area contributed by atoms with E-state index in [-0.39, 0.29) is 10.9 Å². The third-order valence-corrected chi connectivity index (χ3v) is 6.21. The van der Waals surface area contributed by atoms with E-state index >= 15 is 0 Å². The van der Waals surface area contributed by atoms with Gasteiger partial charge in [0.05, 0.1) is 4.90 Å². The van der Waals surface area contributed by atoms with Gasteiger partial charge >= 0.3 is 0 Å². The van der Waals surface area contributed by atoms with Gasteiger partial charge in [-0.1, -0.05) is 35.9 Å². The van der Waals surface area contributed by atoms with Crippen molar-refractivity contribution >= 4 is 27.3 Å². The molecule has 2 aromatic rings. The van der Waals surface area contributed by atoms with E-state index in [2.05, 4.69) is 21.8 Å². The summed E-state index contributed by atoms with van der Waals surface area (Å²) in [6.45, 7) is 3.12. The number of halogens is 1. The topological polar surface area (TPSA) is 49.4 Å². The Hall–Kier alpha value is -1.56. The summed E-state index contributed by atoms with van der Waals surface area (Å²) >= 11 is 5.95. The summed E-state index contributed by atoms with van der Waals surface area (Å²) in [5, 5.41) is 0.424. The van der Waals surface area contributed by atoms with Gasteiger partial charge in [0.15, 0.2) is 0 Å². The molecule has 128 valence electrons. The Bertz CT molecular complexity index is 809. The first-order valence-electron chi connectivity index (χ1n) is 8.05. The second-order valence-corrected chi connectivity index (χ2v) is 8.26. The molecule has 2 aromatic carbocycles. The lowest BCUT2D eigenvalue weighted by atomic mass is 10.2. The van der Waals surface area contributed by atoms with Gasteiger partial charge in [0.25, 0.3) is 0 Å². The quantitative estimate of drug-likeness (QED) is 0.881. The Morgan fingerprint density at radius 1 is 1.21 bits per heavy atom. The predicted molar refractivity (Wildman–Crippen MR) is 98.2 cm³/mol. The summed E-state index contributed by atoms with van der Waals surface area (Å²) in [4.78, 5) is 2.52. The molecule has 0 aliphatic carbocycles. The van der Waals surface area contributed by atoms with E-state index in [1.807, 2.05) is 18.2 Å². The van der Waals surface area contributed by atoms with E-state index in [4.69, 9.17) is 11.6 Å². The van der Waals surface area contributed by atoms with E-state index in [1.54, 1.807) is 19.1 Å². The molecule has 0 amide bonds. The fourth-order valence-electron chi connectivity index (χ4n) is 3.15. The van der Waals surface area contributed by atoms with Gasteiger partial charge in [-0.15, -0.1) is 0 Å². The molecule has 0 aromatic heterocycles. The summed E-state index contributed by atoms with van der Waals surface area (Å²) in [7, 11) is -3.57. The second-order valence-electron chi connectivity index (χ2n) is 6.09. The van der Waals surface area contributed by atoms with E-state index in [0.717, 1.165) is 25.1 Å². The first-order valence-corrected chi connectivity index (χ1v) is 9.91. The monoisotopic (exact) mass is 364 g/mol. The number of hydrogen-bond acceptors (Lipinski definition) is 3. The molecule has 6 heteroatoms. The van der Waals surface area contributed by atoms with Crippen molar-refractivity contribution in [1.82, 2.24) is 4.72 Å². The van der Waals surface area contributed by atoms with Crippen molar-refractivity contribution in [2.75, 3.05) is 18.0 Å². The van der Waals surface area contributed by atoms with Gasteiger partial charge in [0.1, 0.15) is 0 Å². The van der Waals surface area contributed by atoms with Crippen molar-refractivity contribution in [3.63, 3.8) is 0 Å². The molecular formula is C18H21ClN2O2S. The zero-order valence-electron chi connectivity index (χ0n) is 13.6. The van der Waals surface area contributed by atoms with Crippen LogP contribution < -0.4 is 9.62 Å². The molecule has 0 bridgehead atoms. The Labute approximate surface area is 148 Å². The summed E-state index contributed by atoms with van der Waals surface area (Å²) in [6, 6.07) is 15.2. The molecule has 0 saturated carbocycles. The fraction of sp³-hybridized carbons (Fsp3) is 0.333. The van der Waals surface area contributed by atoms with Crippen LogP contribution in [-0.2, 0) is 10.0 Å². The minimum absolute atomic E-state index is 0.168. The Morgan fingerprint density at radius 2 is 1.96 bits per heavy atom. The fourth-order valence-corrected chi connectivity index (χ4v) is 4.73. The van der Waals surface area contributed by atoms with Crippen LogP contribution in [0.15, 0.2) is 53.4 Å². The molecule has 1 atom stereocenters. The molecule has 1 saturated heterocycles. The third kappa shape index (κ3) is 3.74. The highest BCUT2D eigenvalue weighted by Gasteiger charge is 2.27. The van der Waals surface area contributed by atoms with Crippen LogP contribution in [0.2, 0.25) is 5.02 Å². The van der Waals surface area contributed by atoms with Gasteiger partial charge in [-0.25, -0.2) is 13.1 Å². The average molecular weight is 365 g/mol. The van der Waals surface area contributed by atoms with Gasteiger partial charge in [-0.2, -0.15) is 0 Å². The van der Waals surface area contributed by atoms with Crippen molar-refractivity contribution in [3.05, 3.63) is 59.1 Å². The summed E-state index contributed by atoms with van der Waals surface area (Å²) in [5.74, 6) is 0. The minimum atomic E-state index is -3.57. The standard InChI is InChI=1S/C18H21ClN2O2S/c1-14-9-10-15(19)12-18(14)24(22,23)20-13-17-8-5-11-21(17)16-6-3-2-4-7-16/h2-4,6-7,9-10,12,17,20H,5,8,11,13H2,1H3. The van der Waals surface area contributed by atoms with Gasteiger partial charge < -0.3 is 4.90 Å². The van der Waals surface area contributed by atoms with E-state index in [0.29, 0.717) is 17.1 Å². The largest absolute Gasteiger partial charge is 0.367 e. The predicted octanol–water partition coefficient (Wildman–Crippen LogP) is 3.60. The number of anilines is 1. The Kier molecular flexibility index (Phi) is 5.13. The molecule has 1 N–H and O–H groups in total. The van der Waals surface area contributed by atoms with Crippen molar-refractivity contribution in [3.8, 4) is 0 Å². The molecule has 4 nitrogen and oxygen atoms in total. The molecule has 1 unspecified atom stereocenters. The van der Waals surface area contributed by atoms with E-state index in [9.17, 15) is 8.42 Å². The van der Waals surface area contributed by atoms with Crippen LogP contribution in [0.25, 0.3) is 0 Å². The van der Waals surface area contributed by atoms with Crippen LogP contribution in [0, 0.1) is 6.92 Å². The maximum absolute atomic E-state index is 12.6. The highest BCUT2D eigenvalue weighted by molar-refractivity contribution is 7.89. The molecule has 1 heterocycles. The molecule has 24 heavy (non-hydrogen) atoms. The third-order valence-electron chi connectivity index (χ3n) is 4.41. The van der Waals surface area contributed by atoms with E-state index < -0.39 is 10.0 Å². The summed E-state index contributed by atoms with van der Waals surface area (Å²) in [5.41, 5.74) is 1.83. The maximum atomic E-state index is 12.6. The minimum Gasteiger partial charge on any atom is -0.367 e. The highest BCUT2D eigenvalue weighted by Crippen LogP contribution is 2.25. The smallest absolute Gasteiger partial charge is 0.240 e. The lowest BCUT2D eigenvalue weighted by Gasteiger charge is -2.27. The van der Waals surface area contributed by atoms with Gasteiger partial charge in [0.2, 0.25) is 10.0 Å². The number of aryl methyl sites for hydroxylation is 1. The molecule has 1 aliphatic heterocycles. The van der Waals surface area contributed by atoms with Gasteiger partial charge in [0, 0.05) is 29.8 Å². The maximum Gasteiger partial charge on any atom is 0.240 e. The number of nitrogens with zero attached hydrogens (tertiary/aromatic N) is 1. The van der Waals surface area contributed by atoms with Crippen LogP contribution in [0.3, 0.4) is 0 Å². The highest BCUT2D eigenvalue weighted by atomic mass is 35.5. The SMILES string of the molecule is Cc1ccc(Cl)cc1S(=O)(=O)NCC1CCCN1c1ccccc1. The first-order chi connectivity index (χ1) is 11.5. The number of rotatable bonds is 5. The van der Waals surface area contributed by atoms with Gasteiger partial charge in [-0.3, -0.25) is 0 Å².